The Morgan fingerprint density at radius 3 is 2.44 bits per heavy atom. The van der Waals surface area contributed by atoms with Crippen LogP contribution in [-0.2, 0) is 14.8 Å². The van der Waals surface area contributed by atoms with E-state index in [2.05, 4.69) is 33.0 Å². The molecule has 0 fully saturated rings. The van der Waals surface area contributed by atoms with Crippen molar-refractivity contribution in [1.29, 1.82) is 0 Å². The van der Waals surface area contributed by atoms with Gasteiger partial charge in [0.25, 0.3) is 5.91 Å². The second-order valence-electron chi connectivity index (χ2n) is 6.73. The summed E-state index contributed by atoms with van der Waals surface area (Å²) in [5, 5.41) is 3.92. The monoisotopic (exact) mass is 555 g/mol. The summed E-state index contributed by atoms with van der Waals surface area (Å²) in [4.78, 5) is 12.5. The standard InChI is InChI=1S/C22H26BrN3O7S/c1-6-9-33-22-17(23)10-15(11-20(22)32-4)13-24-25-21(27)14-26(34(5,28)29)18-8-7-16(30-2)12-19(18)31-3/h6-8,10-13H,1,9,14H2,2-5H3,(H,25,27)/b24-13-. The maximum atomic E-state index is 12.5. The van der Waals surface area contributed by atoms with Crippen molar-refractivity contribution in [3.05, 3.63) is 53.0 Å². The summed E-state index contributed by atoms with van der Waals surface area (Å²) in [6.45, 7) is 3.40. The second-order valence-corrected chi connectivity index (χ2v) is 9.50. The lowest BCUT2D eigenvalue weighted by Crippen LogP contribution is -2.39. The van der Waals surface area contributed by atoms with Crippen molar-refractivity contribution in [1.82, 2.24) is 5.43 Å². The molecule has 0 saturated heterocycles. The number of sulfonamides is 1. The number of methoxy groups -OCH3 is 3. The number of halogens is 1. The topological polar surface area (TPSA) is 116 Å². The van der Waals surface area contributed by atoms with E-state index in [1.807, 2.05) is 0 Å². The predicted octanol–water partition coefficient (Wildman–Crippen LogP) is 2.96. The van der Waals surface area contributed by atoms with E-state index in [0.717, 1.165) is 10.6 Å². The lowest BCUT2D eigenvalue weighted by atomic mass is 10.2. The van der Waals surface area contributed by atoms with Gasteiger partial charge in [-0.05, 0) is 45.8 Å². The molecule has 1 amide bonds. The number of ether oxygens (including phenoxy) is 4. The van der Waals surface area contributed by atoms with E-state index in [1.165, 1.54) is 39.7 Å². The number of carbonyl (C=O) groups is 1. The molecule has 12 heteroatoms. The van der Waals surface area contributed by atoms with Gasteiger partial charge in [0, 0.05) is 6.07 Å². The van der Waals surface area contributed by atoms with Crippen LogP contribution in [-0.4, -0.2) is 61.3 Å². The first-order valence-electron chi connectivity index (χ1n) is 9.77. The van der Waals surface area contributed by atoms with Gasteiger partial charge in [0.1, 0.15) is 24.7 Å². The van der Waals surface area contributed by atoms with Crippen molar-refractivity contribution >= 4 is 43.8 Å². The SMILES string of the molecule is C=CCOc1c(Br)cc(/C=N\NC(=O)CN(c2ccc(OC)cc2OC)S(C)(=O)=O)cc1OC. The van der Waals surface area contributed by atoms with Crippen molar-refractivity contribution < 1.29 is 32.2 Å². The summed E-state index contributed by atoms with van der Waals surface area (Å²) in [7, 11) is 0.554. The molecular formula is C22H26BrN3O7S. The summed E-state index contributed by atoms with van der Waals surface area (Å²) >= 11 is 3.41. The Kier molecular flexibility index (Phi) is 9.75. The molecule has 2 aromatic carbocycles. The number of nitrogens with zero attached hydrogens (tertiary/aromatic N) is 2. The number of hydrogen-bond acceptors (Lipinski definition) is 8. The molecule has 0 aliphatic heterocycles. The minimum Gasteiger partial charge on any atom is -0.497 e. The Morgan fingerprint density at radius 1 is 1.15 bits per heavy atom. The molecular weight excluding hydrogens is 530 g/mol. The van der Waals surface area contributed by atoms with Crippen LogP contribution >= 0.6 is 15.9 Å². The van der Waals surface area contributed by atoms with Gasteiger partial charge in [-0.3, -0.25) is 9.10 Å². The van der Waals surface area contributed by atoms with Gasteiger partial charge in [-0.25, -0.2) is 13.8 Å². The fraction of sp³-hybridized carbons (Fsp3) is 0.273. The first-order valence-corrected chi connectivity index (χ1v) is 12.4. The van der Waals surface area contributed by atoms with Crippen molar-refractivity contribution in [3.8, 4) is 23.0 Å². The van der Waals surface area contributed by atoms with Gasteiger partial charge in [-0.15, -0.1) is 0 Å². The highest BCUT2D eigenvalue weighted by atomic mass is 79.9. The number of anilines is 1. The van der Waals surface area contributed by atoms with Crippen LogP contribution in [0.1, 0.15) is 5.56 Å². The van der Waals surface area contributed by atoms with Crippen LogP contribution in [0.5, 0.6) is 23.0 Å². The van der Waals surface area contributed by atoms with Crippen LogP contribution < -0.4 is 28.7 Å². The molecule has 0 aliphatic carbocycles. The van der Waals surface area contributed by atoms with Gasteiger partial charge in [-0.1, -0.05) is 12.7 Å². The molecule has 184 valence electrons. The Labute approximate surface area is 207 Å². The van der Waals surface area contributed by atoms with E-state index in [0.29, 0.717) is 33.9 Å². The molecule has 0 bridgehead atoms. The first kappa shape index (κ1) is 27.0. The maximum Gasteiger partial charge on any atom is 0.260 e. The highest BCUT2D eigenvalue weighted by Crippen LogP contribution is 2.36. The summed E-state index contributed by atoms with van der Waals surface area (Å²) in [6.07, 6.45) is 3.99. The smallest absolute Gasteiger partial charge is 0.260 e. The Bertz CT molecular complexity index is 1170. The maximum absolute atomic E-state index is 12.5. The summed E-state index contributed by atoms with van der Waals surface area (Å²) < 4.78 is 47.6. The molecule has 34 heavy (non-hydrogen) atoms. The molecule has 0 aromatic heterocycles. The molecule has 0 spiro atoms. The molecule has 10 nitrogen and oxygen atoms in total. The van der Waals surface area contributed by atoms with E-state index < -0.39 is 22.5 Å². The van der Waals surface area contributed by atoms with E-state index in [-0.39, 0.29) is 11.4 Å². The summed E-state index contributed by atoms with van der Waals surface area (Å²) in [5.41, 5.74) is 3.12. The van der Waals surface area contributed by atoms with E-state index in [9.17, 15) is 13.2 Å². The molecule has 0 heterocycles. The largest absolute Gasteiger partial charge is 0.497 e. The Hall–Kier alpha value is -3.25. The molecule has 0 aliphatic rings. The number of hydrazone groups is 1. The minimum absolute atomic E-state index is 0.189. The van der Waals surface area contributed by atoms with Gasteiger partial charge in [0.05, 0.1) is 44.0 Å². The number of rotatable bonds is 12. The van der Waals surface area contributed by atoms with Gasteiger partial charge < -0.3 is 18.9 Å². The van der Waals surface area contributed by atoms with Crippen molar-refractivity contribution in [2.24, 2.45) is 5.10 Å². The average molecular weight is 556 g/mol. The highest BCUT2D eigenvalue weighted by Gasteiger charge is 2.24. The van der Waals surface area contributed by atoms with Gasteiger partial charge >= 0.3 is 0 Å². The van der Waals surface area contributed by atoms with Gasteiger partial charge in [0.15, 0.2) is 11.5 Å². The van der Waals surface area contributed by atoms with Crippen LogP contribution in [0.3, 0.4) is 0 Å². The molecule has 2 rings (SSSR count). The van der Waals surface area contributed by atoms with Crippen LogP contribution in [0.15, 0.2) is 52.6 Å². The Balaban J connectivity index is 2.19. The molecule has 0 unspecified atom stereocenters. The normalized spacial score (nSPS) is 11.1. The van der Waals surface area contributed by atoms with Crippen molar-refractivity contribution in [2.75, 3.05) is 45.0 Å². The number of nitrogens with one attached hydrogen (secondary N) is 1. The van der Waals surface area contributed by atoms with Gasteiger partial charge in [0.2, 0.25) is 10.0 Å². The van der Waals surface area contributed by atoms with E-state index >= 15 is 0 Å². The quantitative estimate of drug-likeness (QED) is 0.243. The third-order valence-electron chi connectivity index (χ3n) is 4.34. The third kappa shape index (κ3) is 7.12. The Morgan fingerprint density at radius 2 is 1.85 bits per heavy atom. The number of hydrogen-bond donors (Lipinski definition) is 1. The second kappa shape index (κ2) is 12.3. The predicted molar refractivity (Wildman–Crippen MR) is 134 cm³/mol. The molecule has 0 radical (unpaired) electrons. The fourth-order valence-corrected chi connectivity index (χ4v) is 4.25. The fourth-order valence-electron chi connectivity index (χ4n) is 2.81. The zero-order chi connectivity index (χ0) is 25.3. The molecule has 0 atom stereocenters. The van der Waals surface area contributed by atoms with Crippen molar-refractivity contribution in [3.63, 3.8) is 0 Å². The third-order valence-corrected chi connectivity index (χ3v) is 6.06. The van der Waals surface area contributed by atoms with E-state index in [4.69, 9.17) is 18.9 Å². The van der Waals surface area contributed by atoms with E-state index in [1.54, 1.807) is 24.3 Å². The molecule has 1 N–H and O–H groups in total. The average Bonchev–Trinajstić information content (AvgIpc) is 2.80. The zero-order valence-electron chi connectivity index (χ0n) is 19.2. The van der Waals surface area contributed by atoms with Crippen LogP contribution in [0.25, 0.3) is 0 Å². The number of carbonyl (C=O) groups excluding carboxylic acids is 1. The lowest BCUT2D eigenvalue weighted by molar-refractivity contribution is -0.119. The van der Waals surface area contributed by atoms with Crippen LogP contribution in [0, 0.1) is 0 Å². The minimum atomic E-state index is -3.81. The molecule has 2 aromatic rings. The first-order chi connectivity index (χ1) is 16.1. The molecule has 0 saturated carbocycles. The lowest BCUT2D eigenvalue weighted by Gasteiger charge is -2.23. The highest BCUT2D eigenvalue weighted by molar-refractivity contribution is 9.10. The van der Waals surface area contributed by atoms with Crippen LogP contribution in [0.2, 0.25) is 0 Å². The number of amides is 1. The summed E-state index contributed by atoms with van der Waals surface area (Å²) in [6, 6.07) is 7.98. The van der Waals surface area contributed by atoms with Crippen molar-refractivity contribution in [2.45, 2.75) is 0 Å². The zero-order valence-corrected chi connectivity index (χ0v) is 21.6. The number of benzene rings is 2. The van der Waals surface area contributed by atoms with Gasteiger partial charge in [-0.2, -0.15) is 5.10 Å². The van der Waals surface area contributed by atoms with Crippen LogP contribution in [0.4, 0.5) is 5.69 Å². The summed E-state index contributed by atoms with van der Waals surface area (Å²) in [5.74, 6) is 1.01.